The van der Waals surface area contributed by atoms with Gasteiger partial charge in [-0.25, -0.2) is 9.97 Å². The van der Waals surface area contributed by atoms with Crippen LogP contribution < -0.4 is 0 Å². The lowest BCUT2D eigenvalue weighted by molar-refractivity contribution is 1.18. The highest BCUT2D eigenvalue weighted by molar-refractivity contribution is 6.18. The number of aromatic nitrogens is 4. The summed E-state index contributed by atoms with van der Waals surface area (Å²) >= 11 is 0. The number of pyridine rings is 1. The number of benzene rings is 3. The van der Waals surface area contributed by atoms with E-state index in [2.05, 4.69) is 82.3 Å². The normalized spacial score (nSPS) is 11.8. The summed E-state index contributed by atoms with van der Waals surface area (Å²) in [7, 11) is 0. The Morgan fingerprint density at radius 3 is 2.19 bits per heavy atom. The van der Waals surface area contributed by atoms with Gasteiger partial charge in [0.25, 0.3) is 0 Å². The molecule has 4 heteroatoms. The number of hydrogen-bond donors (Lipinski definition) is 1. The molecule has 0 aliphatic rings. The van der Waals surface area contributed by atoms with E-state index in [9.17, 15) is 0 Å². The van der Waals surface area contributed by atoms with Gasteiger partial charge in [0.15, 0.2) is 5.82 Å². The first-order valence-electron chi connectivity index (χ1n) is 10.7. The van der Waals surface area contributed by atoms with Gasteiger partial charge in [0.2, 0.25) is 0 Å². The lowest BCUT2D eigenvalue weighted by atomic mass is 10.1. The van der Waals surface area contributed by atoms with E-state index in [1.807, 2.05) is 30.6 Å². The molecule has 0 saturated carbocycles. The lowest BCUT2D eigenvalue weighted by Gasteiger charge is -2.04. The molecule has 7 aromatic rings. The van der Waals surface area contributed by atoms with Gasteiger partial charge in [0, 0.05) is 45.8 Å². The summed E-state index contributed by atoms with van der Waals surface area (Å²) in [5, 5.41) is 3.57. The smallest absolute Gasteiger partial charge is 0.162 e. The van der Waals surface area contributed by atoms with Crippen molar-refractivity contribution in [3.8, 4) is 22.5 Å². The molecule has 32 heavy (non-hydrogen) atoms. The molecule has 4 heterocycles. The van der Waals surface area contributed by atoms with Crippen LogP contribution in [0.25, 0.3) is 60.7 Å². The highest BCUT2D eigenvalue weighted by Gasteiger charge is 2.19. The summed E-state index contributed by atoms with van der Waals surface area (Å²) in [6.45, 7) is 0. The average molecular weight is 410 g/mol. The number of rotatable bonds is 2. The Kier molecular flexibility index (Phi) is 3.52. The molecule has 1 N–H and O–H groups in total. The number of aromatic amines is 1. The molecule has 0 unspecified atom stereocenters. The highest BCUT2D eigenvalue weighted by atomic mass is 14.9. The molecule has 7 rings (SSSR count). The molecule has 0 aliphatic heterocycles. The summed E-state index contributed by atoms with van der Waals surface area (Å²) in [5.74, 6) is 0.731. The molecule has 0 bridgehead atoms. The molecule has 150 valence electrons. The van der Waals surface area contributed by atoms with E-state index in [-0.39, 0.29) is 0 Å². The van der Waals surface area contributed by atoms with Gasteiger partial charge in [0.1, 0.15) is 0 Å². The van der Waals surface area contributed by atoms with Crippen molar-refractivity contribution < 1.29 is 0 Å². The van der Waals surface area contributed by atoms with Crippen molar-refractivity contribution in [3.05, 3.63) is 104 Å². The average Bonchev–Trinajstić information content (AvgIpc) is 3.41. The van der Waals surface area contributed by atoms with E-state index in [4.69, 9.17) is 9.97 Å². The molecule has 3 aromatic carbocycles. The Balaban J connectivity index is 1.57. The van der Waals surface area contributed by atoms with E-state index in [0.717, 1.165) is 50.0 Å². The van der Waals surface area contributed by atoms with E-state index in [1.54, 1.807) is 0 Å². The van der Waals surface area contributed by atoms with Crippen LogP contribution in [0.5, 0.6) is 0 Å². The summed E-state index contributed by atoms with van der Waals surface area (Å²) in [5.41, 5.74) is 7.67. The predicted octanol–water partition coefficient (Wildman–Crippen LogP) is 6.85. The fourth-order valence-electron chi connectivity index (χ4n) is 4.80. The first kappa shape index (κ1) is 17.3. The third-order valence-corrected chi connectivity index (χ3v) is 6.27. The highest BCUT2D eigenvalue weighted by Crippen LogP contribution is 2.39. The number of fused-ring (bicyclic) bond motifs is 7. The van der Waals surface area contributed by atoms with Crippen LogP contribution in [0.15, 0.2) is 104 Å². The largest absolute Gasteiger partial charge is 0.353 e. The van der Waals surface area contributed by atoms with E-state index in [0.29, 0.717) is 0 Å². The molecule has 0 radical (unpaired) electrons. The molecular formula is C28H18N4. The topological polar surface area (TPSA) is 46.0 Å². The summed E-state index contributed by atoms with van der Waals surface area (Å²) in [4.78, 5) is 13.3. The summed E-state index contributed by atoms with van der Waals surface area (Å²) in [6.07, 6.45) is 5.99. The van der Waals surface area contributed by atoms with Crippen LogP contribution in [0.4, 0.5) is 0 Å². The van der Waals surface area contributed by atoms with Gasteiger partial charge in [0.05, 0.1) is 22.1 Å². The number of nitrogens with zero attached hydrogens (tertiary/aromatic N) is 3. The van der Waals surface area contributed by atoms with Gasteiger partial charge in [-0.3, -0.25) is 0 Å². The molecular weight excluding hydrogens is 392 g/mol. The standard InChI is InChI=1S/C28H18N4/c1-2-8-18(9-3-1)19-16-29-28(30-17-19)25-22-11-5-7-13-24(22)32-15-14-21-20-10-4-6-12-23(20)31-26(21)27(25)32/h1-17,31H. The van der Waals surface area contributed by atoms with Gasteiger partial charge < -0.3 is 9.38 Å². The predicted molar refractivity (Wildman–Crippen MR) is 131 cm³/mol. The fraction of sp³-hybridized carbons (Fsp3) is 0. The third kappa shape index (κ3) is 2.38. The van der Waals surface area contributed by atoms with Crippen LogP contribution >= 0.6 is 0 Å². The van der Waals surface area contributed by atoms with Gasteiger partial charge in [-0.05, 0) is 23.8 Å². The van der Waals surface area contributed by atoms with Crippen molar-refractivity contribution in [2.75, 3.05) is 0 Å². The number of para-hydroxylation sites is 2. The monoisotopic (exact) mass is 410 g/mol. The zero-order chi connectivity index (χ0) is 21.1. The molecule has 0 saturated heterocycles. The first-order chi connectivity index (χ1) is 15.9. The second-order valence-corrected chi connectivity index (χ2v) is 8.05. The first-order valence-corrected chi connectivity index (χ1v) is 10.7. The summed E-state index contributed by atoms with van der Waals surface area (Å²) in [6, 6.07) is 29.3. The number of nitrogens with one attached hydrogen (secondary N) is 1. The lowest BCUT2D eigenvalue weighted by Crippen LogP contribution is -1.91. The quantitative estimate of drug-likeness (QED) is 0.339. The van der Waals surface area contributed by atoms with E-state index < -0.39 is 0 Å². The van der Waals surface area contributed by atoms with Gasteiger partial charge in [-0.15, -0.1) is 0 Å². The van der Waals surface area contributed by atoms with Crippen molar-refractivity contribution in [1.29, 1.82) is 0 Å². The minimum absolute atomic E-state index is 0.731. The second-order valence-electron chi connectivity index (χ2n) is 8.05. The zero-order valence-corrected chi connectivity index (χ0v) is 17.2. The SMILES string of the molecule is c1ccc(-c2cnc(-c3c4ccccc4n4ccc5c6ccccc6[nH]c5c34)nc2)cc1. The van der Waals surface area contributed by atoms with Crippen molar-refractivity contribution >= 4 is 38.2 Å². The van der Waals surface area contributed by atoms with Crippen LogP contribution in [0.2, 0.25) is 0 Å². The molecule has 4 aromatic heterocycles. The zero-order valence-electron chi connectivity index (χ0n) is 17.2. The number of H-pyrrole nitrogens is 1. The maximum absolute atomic E-state index is 4.82. The third-order valence-electron chi connectivity index (χ3n) is 6.27. The molecule has 0 atom stereocenters. The van der Waals surface area contributed by atoms with Crippen LogP contribution in [0.3, 0.4) is 0 Å². The molecule has 0 aliphatic carbocycles. The van der Waals surface area contributed by atoms with Crippen molar-refractivity contribution in [2.24, 2.45) is 0 Å². The van der Waals surface area contributed by atoms with Crippen LogP contribution in [-0.4, -0.2) is 19.4 Å². The Bertz CT molecular complexity index is 1760. The van der Waals surface area contributed by atoms with Crippen molar-refractivity contribution in [3.63, 3.8) is 0 Å². The van der Waals surface area contributed by atoms with Crippen molar-refractivity contribution in [2.45, 2.75) is 0 Å². The van der Waals surface area contributed by atoms with Gasteiger partial charge in [-0.2, -0.15) is 0 Å². The van der Waals surface area contributed by atoms with Crippen LogP contribution in [-0.2, 0) is 0 Å². The maximum atomic E-state index is 4.82. The number of hydrogen-bond acceptors (Lipinski definition) is 2. The van der Waals surface area contributed by atoms with Gasteiger partial charge >= 0.3 is 0 Å². The molecule has 4 nitrogen and oxygen atoms in total. The Morgan fingerprint density at radius 1 is 0.625 bits per heavy atom. The minimum Gasteiger partial charge on any atom is -0.353 e. The van der Waals surface area contributed by atoms with Crippen LogP contribution in [0.1, 0.15) is 0 Å². The van der Waals surface area contributed by atoms with E-state index in [1.165, 1.54) is 10.8 Å². The molecule has 0 amide bonds. The Labute approximate surface area is 183 Å². The van der Waals surface area contributed by atoms with Crippen LogP contribution in [0, 0.1) is 0 Å². The van der Waals surface area contributed by atoms with Crippen molar-refractivity contribution in [1.82, 2.24) is 19.4 Å². The molecule has 0 fully saturated rings. The Morgan fingerprint density at radius 2 is 1.34 bits per heavy atom. The Hall–Kier alpha value is -4.44. The molecule has 0 spiro atoms. The summed E-state index contributed by atoms with van der Waals surface area (Å²) < 4.78 is 2.25. The fourth-order valence-corrected chi connectivity index (χ4v) is 4.80. The minimum atomic E-state index is 0.731. The van der Waals surface area contributed by atoms with E-state index >= 15 is 0 Å². The second kappa shape index (κ2) is 6.53. The van der Waals surface area contributed by atoms with Gasteiger partial charge in [-0.1, -0.05) is 66.7 Å². The maximum Gasteiger partial charge on any atom is 0.162 e.